The van der Waals surface area contributed by atoms with Crippen LogP contribution in [0, 0.1) is 6.92 Å². The summed E-state index contributed by atoms with van der Waals surface area (Å²) in [6.45, 7) is 6.15. The summed E-state index contributed by atoms with van der Waals surface area (Å²) in [5, 5.41) is 6.36. The van der Waals surface area contributed by atoms with Gasteiger partial charge in [0.25, 0.3) is 0 Å². The molecule has 0 radical (unpaired) electrons. The van der Waals surface area contributed by atoms with Gasteiger partial charge >= 0.3 is 12.4 Å². The summed E-state index contributed by atoms with van der Waals surface area (Å²) in [5.41, 5.74) is -3.36. The van der Waals surface area contributed by atoms with Crippen LogP contribution in [0.1, 0.15) is 22.3 Å². The van der Waals surface area contributed by atoms with Crippen LogP contribution in [0.4, 0.5) is 32.0 Å². The number of benzene rings is 2. The quantitative estimate of drug-likeness (QED) is 0.386. The molecular formula is C31H31F6N4+. The highest BCUT2D eigenvalue weighted by Crippen LogP contribution is 2.63. The third kappa shape index (κ3) is 4.43. The van der Waals surface area contributed by atoms with Crippen molar-refractivity contribution in [1.82, 2.24) is 10.6 Å². The molecule has 2 heterocycles. The number of nitrogens with zero attached hydrogens (tertiary/aromatic N) is 2. The molecule has 0 unspecified atom stereocenters. The monoisotopic (exact) mass is 573 g/mol. The van der Waals surface area contributed by atoms with E-state index in [0.29, 0.717) is 74.9 Å². The third-order valence-electron chi connectivity index (χ3n) is 8.58. The molecule has 4 aliphatic rings. The first kappa shape index (κ1) is 27.8. The van der Waals surface area contributed by atoms with Crippen molar-refractivity contribution in [3.05, 3.63) is 94.1 Å². The Morgan fingerprint density at radius 1 is 0.805 bits per heavy atom. The van der Waals surface area contributed by atoms with Gasteiger partial charge in [0.2, 0.25) is 5.41 Å². The molecule has 0 aromatic heterocycles. The van der Waals surface area contributed by atoms with Crippen molar-refractivity contribution in [2.24, 2.45) is 0 Å². The van der Waals surface area contributed by atoms with Crippen LogP contribution in [0.25, 0.3) is 5.57 Å². The lowest BCUT2D eigenvalue weighted by Gasteiger charge is -2.45. The predicted octanol–water partition coefficient (Wildman–Crippen LogP) is 5.14. The molecule has 216 valence electrons. The summed E-state index contributed by atoms with van der Waals surface area (Å²) in [4.78, 5) is 1.84. The van der Waals surface area contributed by atoms with Crippen LogP contribution in [-0.2, 0) is 5.41 Å². The molecule has 0 amide bonds. The van der Waals surface area contributed by atoms with Gasteiger partial charge in [-0.2, -0.15) is 26.3 Å². The Labute approximate surface area is 234 Å². The SMILES string of the molecule is Cc1ccccc1C1=C2C=CC(=[N+]3CCNCC3)C=C2C(C(F)(F)F)(C(F)(F)F)c2cc(N3CCNCC3)ccc21. The van der Waals surface area contributed by atoms with E-state index in [9.17, 15) is 0 Å². The molecule has 2 fully saturated rings. The van der Waals surface area contributed by atoms with Crippen LogP contribution in [0.15, 0.2) is 71.8 Å². The van der Waals surface area contributed by atoms with Crippen LogP contribution in [-0.4, -0.2) is 75.0 Å². The third-order valence-corrected chi connectivity index (χ3v) is 8.58. The lowest BCUT2D eigenvalue weighted by atomic mass is 9.61. The summed E-state index contributed by atoms with van der Waals surface area (Å²) in [7, 11) is 0. The first-order valence-corrected chi connectivity index (χ1v) is 13.8. The minimum Gasteiger partial charge on any atom is -0.369 e. The van der Waals surface area contributed by atoms with E-state index in [0.717, 1.165) is 17.7 Å². The number of allylic oxidation sites excluding steroid dienone is 5. The second-order valence-electron chi connectivity index (χ2n) is 10.9. The standard InChI is InChI=1S/C31H31F6N4/c1-20-4-2-3-5-23(20)28-24-8-6-21(40-14-10-38-11-15-40)18-26(24)29(30(32,33)34,31(35,36)37)27-19-22(7-9-25(27)28)41-16-12-39-13-17-41/h2-9,18-19,38-39H,10-17H2,1H3/q+1. The zero-order valence-corrected chi connectivity index (χ0v) is 22.6. The molecule has 6 rings (SSSR count). The van der Waals surface area contributed by atoms with Gasteiger partial charge in [0.05, 0.1) is 13.1 Å². The predicted molar refractivity (Wildman–Crippen MR) is 148 cm³/mol. The molecule has 2 aromatic carbocycles. The summed E-state index contributed by atoms with van der Waals surface area (Å²) < 4.78 is 94.4. The Balaban J connectivity index is 1.73. The van der Waals surface area contributed by atoms with Crippen molar-refractivity contribution in [2.45, 2.75) is 24.7 Å². The van der Waals surface area contributed by atoms with Gasteiger partial charge in [0.15, 0.2) is 18.8 Å². The first-order valence-electron chi connectivity index (χ1n) is 13.8. The van der Waals surface area contributed by atoms with Gasteiger partial charge in [0, 0.05) is 44.0 Å². The molecule has 4 nitrogen and oxygen atoms in total. The highest BCUT2D eigenvalue weighted by atomic mass is 19.4. The molecule has 2 aliphatic heterocycles. The van der Waals surface area contributed by atoms with Gasteiger partial charge in [0.1, 0.15) is 0 Å². The van der Waals surface area contributed by atoms with Gasteiger partial charge in [-0.15, -0.1) is 0 Å². The average Bonchev–Trinajstić information content (AvgIpc) is 2.95. The minimum absolute atomic E-state index is 0.0461. The Kier molecular flexibility index (Phi) is 6.89. The Bertz CT molecular complexity index is 1470. The number of hydrogen-bond donors (Lipinski definition) is 2. The number of hydrogen-bond acceptors (Lipinski definition) is 3. The number of nitrogens with one attached hydrogen (secondary N) is 2. The molecular weight excluding hydrogens is 542 g/mol. The van der Waals surface area contributed by atoms with Crippen LogP contribution in [0.5, 0.6) is 0 Å². The molecule has 2 aromatic rings. The van der Waals surface area contributed by atoms with Gasteiger partial charge in [-0.05, 0) is 64.1 Å². The molecule has 0 saturated carbocycles. The zero-order valence-electron chi connectivity index (χ0n) is 22.6. The Hall–Kier alpha value is -3.37. The van der Waals surface area contributed by atoms with E-state index in [1.54, 1.807) is 30.3 Å². The minimum atomic E-state index is -5.66. The molecule has 2 aliphatic carbocycles. The van der Waals surface area contributed by atoms with Crippen LogP contribution >= 0.6 is 0 Å². The smallest absolute Gasteiger partial charge is 0.369 e. The number of piperazine rings is 2. The first-order chi connectivity index (χ1) is 19.5. The topological polar surface area (TPSA) is 30.3 Å². The fourth-order valence-electron chi connectivity index (χ4n) is 6.57. The van der Waals surface area contributed by atoms with E-state index in [2.05, 4.69) is 10.6 Å². The zero-order chi connectivity index (χ0) is 29.0. The molecule has 0 spiro atoms. The van der Waals surface area contributed by atoms with Crippen molar-refractivity contribution in [1.29, 1.82) is 0 Å². The maximum Gasteiger partial charge on any atom is 0.411 e. The van der Waals surface area contributed by atoms with Gasteiger partial charge in [-0.25, -0.2) is 4.58 Å². The summed E-state index contributed by atoms with van der Waals surface area (Å²) in [6.07, 6.45) is -7.07. The van der Waals surface area contributed by atoms with E-state index in [4.69, 9.17) is 0 Å². The number of halogens is 6. The van der Waals surface area contributed by atoms with Crippen molar-refractivity contribution < 1.29 is 30.9 Å². The summed E-state index contributed by atoms with van der Waals surface area (Å²) in [6, 6.07) is 11.4. The maximum atomic E-state index is 15.4. The number of aryl methyl sites for hydroxylation is 1. The fourth-order valence-corrected chi connectivity index (χ4v) is 6.57. The molecule has 41 heavy (non-hydrogen) atoms. The maximum absolute atomic E-state index is 15.4. The van der Waals surface area contributed by atoms with Gasteiger partial charge in [-0.1, -0.05) is 30.3 Å². The summed E-state index contributed by atoms with van der Waals surface area (Å²) in [5.74, 6) is 0. The number of alkyl halides is 6. The number of anilines is 1. The van der Waals surface area contributed by atoms with Crippen molar-refractivity contribution >= 4 is 17.0 Å². The van der Waals surface area contributed by atoms with Crippen molar-refractivity contribution in [3.63, 3.8) is 0 Å². The van der Waals surface area contributed by atoms with Crippen molar-refractivity contribution in [2.75, 3.05) is 57.3 Å². The Morgan fingerprint density at radius 3 is 2.12 bits per heavy atom. The highest BCUT2D eigenvalue weighted by Gasteiger charge is 2.75. The van der Waals surface area contributed by atoms with Gasteiger partial charge < -0.3 is 15.5 Å². The van der Waals surface area contributed by atoms with E-state index < -0.39 is 28.9 Å². The van der Waals surface area contributed by atoms with Crippen molar-refractivity contribution in [3.8, 4) is 0 Å². The normalized spacial score (nSPS) is 21.0. The largest absolute Gasteiger partial charge is 0.411 e. The molecule has 2 saturated heterocycles. The van der Waals surface area contributed by atoms with E-state index >= 15 is 26.3 Å². The van der Waals surface area contributed by atoms with Crippen LogP contribution < -0.4 is 15.5 Å². The second kappa shape index (κ2) is 10.2. The van der Waals surface area contributed by atoms with Gasteiger partial charge in [-0.3, -0.25) is 0 Å². The second-order valence-corrected chi connectivity index (χ2v) is 10.9. The fraction of sp³-hybridized carbons (Fsp3) is 0.387. The van der Waals surface area contributed by atoms with Crippen LogP contribution in [0.2, 0.25) is 0 Å². The number of rotatable bonds is 2. The molecule has 2 N–H and O–H groups in total. The molecule has 0 atom stereocenters. The average molecular weight is 574 g/mol. The lowest BCUT2D eigenvalue weighted by molar-refractivity contribution is -0.530. The highest BCUT2D eigenvalue weighted by molar-refractivity contribution is 6.07. The molecule has 0 bridgehead atoms. The summed E-state index contributed by atoms with van der Waals surface area (Å²) >= 11 is 0. The van der Waals surface area contributed by atoms with Crippen LogP contribution in [0.3, 0.4) is 0 Å². The Morgan fingerprint density at radius 2 is 1.46 bits per heavy atom. The van der Waals surface area contributed by atoms with E-state index in [-0.39, 0.29) is 11.1 Å². The molecule has 10 heteroatoms. The van der Waals surface area contributed by atoms with E-state index in [1.807, 2.05) is 22.5 Å². The van der Waals surface area contributed by atoms with E-state index in [1.165, 1.54) is 12.1 Å². The number of fused-ring (bicyclic) bond motifs is 2. The lowest BCUT2D eigenvalue weighted by Crippen LogP contribution is -2.57.